The first-order chi connectivity index (χ1) is 16.2. The molecule has 0 radical (unpaired) electrons. The van der Waals surface area contributed by atoms with E-state index < -0.39 is 29.4 Å². The van der Waals surface area contributed by atoms with Crippen LogP contribution in [0.3, 0.4) is 0 Å². The number of carbonyl (C=O) groups is 1. The third kappa shape index (κ3) is 6.80. The average Bonchev–Trinajstić information content (AvgIpc) is 3.21. The number of carbonyl (C=O) groups excluding carboxylic acids is 1. The van der Waals surface area contributed by atoms with Crippen molar-refractivity contribution in [2.45, 2.75) is 25.7 Å². The number of benzene rings is 2. The number of nitrogens with one attached hydrogen (secondary N) is 1. The van der Waals surface area contributed by atoms with Gasteiger partial charge in [0, 0.05) is 44.8 Å². The van der Waals surface area contributed by atoms with E-state index in [0.717, 1.165) is 24.3 Å². The predicted octanol–water partition coefficient (Wildman–Crippen LogP) is 5.90. The van der Waals surface area contributed by atoms with E-state index in [0.29, 0.717) is 30.4 Å². The molecule has 5 nitrogen and oxygen atoms in total. The van der Waals surface area contributed by atoms with Crippen molar-refractivity contribution in [2.75, 3.05) is 25.6 Å². The SMILES string of the molecule is COCCCN(Cc1cccn1Cc1cccc(C(F)(F)F)c1)C(=O)Nc1ccc(F)cc1F. The van der Waals surface area contributed by atoms with Crippen LogP contribution in [0.5, 0.6) is 0 Å². The Kier molecular flexibility index (Phi) is 8.27. The van der Waals surface area contributed by atoms with Gasteiger partial charge in [-0.05, 0) is 48.4 Å². The molecule has 0 aliphatic carbocycles. The quantitative estimate of drug-likeness (QED) is 0.305. The molecular weight excluding hydrogens is 457 g/mol. The number of alkyl halides is 3. The molecule has 0 aliphatic rings. The number of halogens is 5. The van der Waals surface area contributed by atoms with Crippen molar-refractivity contribution in [2.24, 2.45) is 0 Å². The van der Waals surface area contributed by atoms with Crippen molar-refractivity contribution in [3.05, 3.63) is 89.2 Å². The lowest BCUT2D eigenvalue weighted by Gasteiger charge is -2.24. The van der Waals surface area contributed by atoms with Gasteiger partial charge in [-0.25, -0.2) is 13.6 Å². The second kappa shape index (κ2) is 11.1. The molecule has 1 N–H and O–H groups in total. The number of amides is 2. The lowest BCUT2D eigenvalue weighted by molar-refractivity contribution is -0.137. The van der Waals surface area contributed by atoms with Crippen LogP contribution in [0.4, 0.5) is 32.4 Å². The smallest absolute Gasteiger partial charge is 0.385 e. The summed E-state index contributed by atoms with van der Waals surface area (Å²) in [4.78, 5) is 14.3. The van der Waals surface area contributed by atoms with Crippen molar-refractivity contribution in [1.29, 1.82) is 0 Å². The van der Waals surface area contributed by atoms with Crippen LogP contribution in [0.1, 0.15) is 23.2 Å². The molecule has 3 aromatic rings. The van der Waals surface area contributed by atoms with E-state index in [1.54, 1.807) is 29.0 Å². The maximum absolute atomic E-state index is 14.0. The second-order valence-corrected chi connectivity index (χ2v) is 7.65. The maximum atomic E-state index is 14.0. The number of rotatable bonds is 9. The number of ether oxygens (including phenoxy) is 1. The van der Waals surface area contributed by atoms with E-state index >= 15 is 0 Å². The van der Waals surface area contributed by atoms with Gasteiger partial charge in [0.1, 0.15) is 11.6 Å². The van der Waals surface area contributed by atoms with E-state index in [4.69, 9.17) is 4.74 Å². The Hall–Kier alpha value is -3.40. The molecule has 2 aromatic carbocycles. The summed E-state index contributed by atoms with van der Waals surface area (Å²) in [5, 5.41) is 2.44. The molecule has 2 amide bonds. The van der Waals surface area contributed by atoms with Gasteiger partial charge >= 0.3 is 12.2 Å². The largest absolute Gasteiger partial charge is 0.416 e. The molecule has 0 atom stereocenters. The monoisotopic (exact) mass is 481 g/mol. The van der Waals surface area contributed by atoms with Crippen LogP contribution in [-0.4, -0.2) is 35.8 Å². The fourth-order valence-electron chi connectivity index (χ4n) is 3.42. The number of aromatic nitrogens is 1. The first kappa shape index (κ1) is 25.2. The van der Waals surface area contributed by atoms with Crippen LogP contribution < -0.4 is 5.32 Å². The standard InChI is InChI=1S/C24H24F5N3O2/c1-34-12-4-11-32(23(33)30-22-9-8-19(25)14-21(22)26)16-20-7-3-10-31(20)15-17-5-2-6-18(13-17)24(27,28)29/h2-3,5-10,13-14H,4,11-12,15-16H2,1H3,(H,30,33). The van der Waals surface area contributed by atoms with E-state index in [1.807, 2.05) is 0 Å². The molecule has 0 unspecified atom stereocenters. The van der Waals surface area contributed by atoms with E-state index in [9.17, 15) is 26.7 Å². The van der Waals surface area contributed by atoms with Gasteiger partial charge in [0.15, 0.2) is 0 Å². The minimum Gasteiger partial charge on any atom is -0.385 e. The van der Waals surface area contributed by atoms with Crippen molar-refractivity contribution in [3.8, 4) is 0 Å². The third-order valence-electron chi connectivity index (χ3n) is 5.12. The zero-order chi connectivity index (χ0) is 24.7. The fraction of sp³-hybridized carbons (Fsp3) is 0.292. The highest BCUT2D eigenvalue weighted by molar-refractivity contribution is 5.89. The molecular formula is C24H24F5N3O2. The summed E-state index contributed by atoms with van der Waals surface area (Å²) in [7, 11) is 1.53. The van der Waals surface area contributed by atoms with Gasteiger partial charge in [-0.1, -0.05) is 12.1 Å². The van der Waals surface area contributed by atoms with Crippen LogP contribution in [0.2, 0.25) is 0 Å². The molecule has 0 spiro atoms. The average molecular weight is 481 g/mol. The summed E-state index contributed by atoms with van der Waals surface area (Å²) < 4.78 is 73.1. The molecule has 0 saturated heterocycles. The van der Waals surface area contributed by atoms with Gasteiger partial charge < -0.3 is 19.5 Å². The Balaban J connectivity index is 1.77. The highest BCUT2D eigenvalue weighted by Crippen LogP contribution is 2.29. The van der Waals surface area contributed by atoms with Crippen molar-refractivity contribution < 1.29 is 31.5 Å². The minimum absolute atomic E-state index is 0.115. The highest BCUT2D eigenvalue weighted by Gasteiger charge is 2.30. The van der Waals surface area contributed by atoms with Crippen LogP contribution in [0.15, 0.2) is 60.8 Å². The van der Waals surface area contributed by atoms with Crippen LogP contribution in [0.25, 0.3) is 0 Å². The topological polar surface area (TPSA) is 46.5 Å². The Labute approximate surface area is 193 Å². The van der Waals surface area contributed by atoms with Crippen LogP contribution in [0, 0.1) is 11.6 Å². The van der Waals surface area contributed by atoms with Crippen molar-refractivity contribution in [1.82, 2.24) is 9.47 Å². The zero-order valence-corrected chi connectivity index (χ0v) is 18.4. The summed E-state index contributed by atoms with van der Waals surface area (Å²) >= 11 is 0. The van der Waals surface area contributed by atoms with Gasteiger partial charge in [-0.2, -0.15) is 13.2 Å². The van der Waals surface area contributed by atoms with Gasteiger partial charge in [0.05, 0.1) is 17.8 Å². The first-order valence-electron chi connectivity index (χ1n) is 10.5. The number of urea groups is 1. The summed E-state index contributed by atoms with van der Waals surface area (Å²) in [6.07, 6.45) is -2.23. The van der Waals surface area contributed by atoms with E-state index in [2.05, 4.69) is 5.32 Å². The molecule has 182 valence electrons. The molecule has 0 aliphatic heterocycles. The lowest BCUT2D eigenvalue weighted by Crippen LogP contribution is -2.36. The van der Waals surface area contributed by atoms with Gasteiger partial charge in [-0.15, -0.1) is 0 Å². The van der Waals surface area contributed by atoms with Crippen molar-refractivity contribution >= 4 is 11.7 Å². The Bertz CT molecular complexity index is 1110. The molecule has 34 heavy (non-hydrogen) atoms. The van der Waals surface area contributed by atoms with Crippen molar-refractivity contribution in [3.63, 3.8) is 0 Å². The summed E-state index contributed by atoms with van der Waals surface area (Å²) in [5.74, 6) is -1.67. The Morgan fingerprint density at radius 2 is 1.88 bits per heavy atom. The third-order valence-corrected chi connectivity index (χ3v) is 5.12. The highest BCUT2D eigenvalue weighted by atomic mass is 19.4. The van der Waals surface area contributed by atoms with E-state index in [-0.39, 0.29) is 25.3 Å². The number of nitrogens with zero attached hydrogens (tertiary/aromatic N) is 2. The normalized spacial score (nSPS) is 11.5. The van der Waals surface area contributed by atoms with E-state index in [1.165, 1.54) is 18.1 Å². The summed E-state index contributed by atoms with van der Waals surface area (Å²) in [5.41, 5.74) is 0.226. The zero-order valence-electron chi connectivity index (χ0n) is 18.4. The van der Waals surface area contributed by atoms with Gasteiger partial charge in [-0.3, -0.25) is 0 Å². The van der Waals surface area contributed by atoms with Crippen LogP contribution >= 0.6 is 0 Å². The predicted molar refractivity (Wildman–Crippen MR) is 117 cm³/mol. The molecule has 0 bridgehead atoms. The first-order valence-corrected chi connectivity index (χ1v) is 10.5. The van der Waals surface area contributed by atoms with Gasteiger partial charge in [0.2, 0.25) is 0 Å². The molecule has 3 rings (SSSR count). The number of hydrogen-bond donors (Lipinski definition) is 1. The van der Waals surface area contributed by atoms with Gasteiger partial charge in [0.25, 0.3) is 0 Å². The Morgan fingerprint density at radius 3 is 2.59 bits per heavy atom. The minimum atomic E-state index is -4.44. The molecule has 1 aromatic heterocycles. The lowest BCUT2D eigenvalue weighted by atomic mass is 10.1. The molecule has 1 heterocycles. The summed E-state index contributed by atoms with van der Waals surface area (Å²) in [6.45, 7) is 0.952. The Morgan fingerprint density at radius 1 is 1.09 bits per heavy atom. The number of methoxy groups -OCH3 is 1. The summed E-state index contributed by atoms with van der Waals surface area (Å²) in [6, 6.07) is 10.8. The maximum Gasteiger partial charge on any atom is 0.416 e. The second-order valence-electron chi connectivity index (χ2n) is 7.65. The number of anilines is 1. The molecule has 0 fully saturated rings. The number of hydrogen-bond acceptors (Lipinski definition) is 2. The van der Waals surface area contributed by atoms with Crippen LogP contribution in [-0.2, 0) is 24.0 Å². The molecule has 0 saturated carbocycles. The fourth-order valence-corrected chi connectivity index (χ4v) is 3.42. The molecule has 10 heteroatoms.